The van der Waals surface area contributed by atoms with Crippen molar-refractivity contribution in [3.8, 4) is 0 Å². The Hall–Kier alpha value is -1.66. The predicted octanol–water partition coefficient (Wildman–Crippen LogP) is 2.70. The van der Waals surface area contributed by atoms with Crippen molar-refractivity contribution in [3.05, 3.63) is 35.2 Å². The van der Waals surface area contributed by atoms with Crippen LogP contribution in [0.15, 0.2) is 12.3 Å². The van der Waals surface area contributed by atoms with Crippen LogP contribution in [0.4, 0.5) is 0 Å². The number of nitrogens with one attached hydrogen (secondary N) is 1. The molecule has 1 unspecified atom stereocenters. The molecule has 4 rings (SSSR count). The molecule has 0 amide bonds. The van der Waals surface area contributed by atoms with E-state index >= 15 is 0 Å². The van der Waals surface area contributed by atoms with E-state index in [1.54, 1.807) is 0 Å². The van der Waals surface area contributed by atoms with Crippen LogP contribution in [0.1, 0.15) is 67.5 Å². The SMILES string of the molecule is CC(NCc1cnc2n1CCCC2)c1cc(C2CCOCC2)nn1C. The fourth-order valence-corrected chi connectivity index (χ4v) is 4.09. The Morgan fingerprint density at radius 1 is 1.32 bits per heavy atom. The van der Waals surface area contributed by atoms with Gasteiger partial charge >= 0.3 is 0 Å². The molecule has 2 aromatic rings. The van der Waals surface area contributed by atoms with E-state index in [0.29, 0.717) is 5.92 Å². The van der Waals surface area contributed by atoms with Crippen LogP contribution in [0.2, 0.25) is 0 Å². The molecule has 4 heterocycles. The highest BCUT2D eigenvalue weighted by Crippen LogP contribution is 2.28. The summed E-state index contributed by atoms with van der Waals surface area (Å²) in [6.07, 6.45) is 7.86. The van der Waals surface area contributed by atoms with Gasteiger partial charge in [0.2, 0.25) is 0 Å². The summed E-state index contributed by atoms with van der Waals surface area (Å²) in [6, 6.07) is 2.54. The molecule has 6 nitrogen and oxygen atoms in total. The molecule has 0 saturated carbocycles. The van der Waals surface area contributed by atoms with Crippen LogP contribution in [-0.4, -0.2) is 32.5 Å². The van der Waals surface area contributed by atoms with Crippen LogP contribution in [0.25, 0.3) is 0 Å². The van der Waals surface area contributed by atoms with E-state index in [1.807, 2.05) is 10.9 Å². The lowest BCUT2D eigenvalue weighted by molar-refractivity contribution is 0.0844. The van der Waals surface area contributed by atoms with Gasteiger partial charge in [-0.1, -0.05) is 0 Å². The second-order valence-electron chi connectivity index (χ2n) is 7.38. The fraction of sp³-hybridized carbons (Fsp3) is 0.684. The molecule has 25 heavy (non-hydrogen) atoms. The Kier molecular flexibility index (Phi) is 4.90. The van der Waals surface area contributed by atoms with Crippen molar-refractivity contribution in [2.75, 3.05) is 13.2 Å². The van der Waals surface area contributed by atoms with Gasteiger partial charge in [-0.05, 0) is 38.7 Å². The van der Waals surface area contributed by atoms with Crippen molar-refractivity contribution >= 4 is 0 Å². The number of rotatable bonds is 5. The first-order chi connectivity index (χ1) is 12.2. The van der Waals surface area contributed by atoms with E-state index < -0.39 is 0 Å². The Labute approximate surface area is 149 Å². The number of ether oxygens (including phenoxy) is 1. The quantitative estimate of drug-likeness (QED) is 0.907. The van der Waals surface area contributed by atoms with Gasteiger partial charge in [-0.15, -0.1) is 0 Å². The maximum absolute atomic E-state index is 5.48. The monoisotopic (exact) mass is 343 g/mol. The van der Waals surface area contributed by atoms with Crippen LogP contribution in [0.5, 0.6) is 0 Å². The van der Waals surface area contributed by atoms with Crippen molar-refractivity contribution in [3.63, 3.8) is 0 Å². The first-order valence-electron chi connectivity index (χ1n) is 9.60. The van der Waals surface area contributed by atoms with Gasteiger partial charge in [0, 0.05) is 57.9 Å². The third-order valence-electron chi connectivity index (χ3n) is 5.66. The molecule has 0 aromatic carbocycles. The second-order valence-corrected chi connectivity index (χ2v) is 7.38. The van der Waals surface area contributed by atoms with Crippen LogP contribution in [0, 0.1) is 0 Å². The lowest BCUT2D eigenvalue weighted by Crippen LogP contribution is -2.23. The smallest absolute Gasteiger partial charge is 0.108 e. The van der Waals surface area contributed by atoms with Crippen molar-refractivity contribution in [2.24, 2.45) is 7.05 Å². The Balaban J connectivity index is 1.42. The van der Waals surface area contributed by atoms with Crippen LogP contribution in [0.3, 0.4) is 0 Å². The van der Waals surface area contributed by atoms with E-state index in [0.717, 1.165) is 45.6 Å². The maximum Gasteiger partial charge on any atom is 0.108 e. The van der Waals surface area contributed by atoms with Gasteiger partial charge in [-0.3, -0.25) is 4.68 Å². The third-order valence-corrected chi connectivity index (χ3v) is 5.66. The number of fused-ring (bicyclic) bond motifs is 1. The van der Waals surface area contributed by atoms with Gasteiger partial charge < -0.3 is 14.6 Å². The first-order valence-corrected chi connectivity index (χ1v) is 9.60. The molecule has 0 aliphatic carbocycles. The lowest BCUT2D eigenvalue weighted by atomic mass is 9.96. The molecule has 0 bridgehead atoms. The van der Waals surface area contributed by atoms with E-state index in [4.69, 9.17) is 9.84 Å². The van der Waals surface area contributed by atoms with Gasteiger partial charge in [0.15, 0.2) is 0 Å². The predicted molar refractivity (Wildman–Crippen MR) is 96.4 cm³/mol. The standard InChI is InChI=1S/C19H29N5O/c1-14(20-12-16-13-21-19-5-3-4-8-24(16)19)18-11-17(22-23(18)2)15-6-9-25-10-7-15/h11,13-15,20H,3-10,12H2,1-2H3. The number of aryl methyl sites for hydroxylation is 2. The summed E-state index contributed by atoms with van der Waals surface area (Å²) in [6.45, 7) is 5.90. The van der Waals surface area contributed by atoms with Gasteiger partial charge in [0.25, 0.3) is 0 Å². The van der Waals surface area contributed by atoms with E-state index in [1.165, 1.54) is 35.7 Å². The number of aromatic nitrogens is 4. The van der Waals surface area contributed by atoms with Gasteiger partial charge in [0.05, 0.1) is 17.1 Å². The normalized spacial score (nSPS) is 19.8. The summed E-state index contributed by atoms with van der Waals surface area (Å²) >= 11 is 0. The summed E-state index contributed by atoms with van der Waals surface area (Å²) in [7, 11) is 2.05. The highest BCUT2D eigenvalue weighted by Gasteiger charge is 2.22. The Bertz CT molecular complexity index is 713. The Morgan fingerprint density at radius 3 is 3.00 bits per heavy atom. The zero-order chi connectivity index (χ0) is 17.2. The molecule has 1 fully saturated rings. The van der Waals surface area contributed by atoms with Crippen LogP contribution in [-0.2, 0) is 31.3 Å². The highest BCUT2D eigenvalue weighted by molar-refractivity contribution is 5.18. The lowest BCUT2D eigenvalue weighted by Gasteiger charge is -2.20. The summed E-state index contributed by atoms with van der Waals surface area (Å²) in [5.74, 6) is 1.79. The maximum atomic E-state index is 5.48. The van der Waals surface area contributed by atoms with Crippen molar-refractivity contribution < 1.29 is 4.74 Å². The average molecular weight is 343 g/mol. The van der Waals surface area contributed by atoms with E-state index in [2.05, 4.69) is 34.9 Å². The second kappa shape index (κ2) is 7.30. The largest absolute Gasteiger partial charge is 0.381 e. The summed E-state index contributed by atoms with van der Waals surface area (Å²) in [5, 5.41) is 8.44. The van der Waals surface area contributed by atoms with E-state index in [9.17, 15) is 0 Å². The topological polar surface area (TPSA) is 56.9 Å². The van der Waals surface area contributed by atoms with Crippen LogP contribution >= 0.6 is 0 Å². The molecule has 0 radical (unpaired) electrons. The molecule has 2 aromatic heterocycles. The molecule has 0 spiro atoms. The van der Waals surface area contributed by atoms with Gasteiger partial charge in [-0.2, -0.15) is 5.10 Å². The number of hydrogen-bond acceptors (Lipinski definition) is 4. The van der Waals surface area contributed by atoms with Crippen molar-refractivity contribution in [2.45, 2.75) is 64.1 Å². The molecule has 1 saturated heterocycles. The van der Waals surface area contributed by atoms with E-state index in [-0.39, 0.29) is 6.04 Å². The zero-order valence-corrected chi connectivity index (χ0v) is 15.4. The molecule has 2 aliphatic heterocycles. The summed E-state index contributed by atoms with van der Waals surface area (Å²) in [4.78, 5) is 4.58. The number of imidazole rings is 1. The van der Waals surface area contributed by atoms with Gasteiger partial charge in [-0.25, -0.2) is 4.98 Å². The Morgan fingerprint density at radius 2 is 2.16 bits per heavy atom. The minimum atomic E-state index is 0.265. The van der Waals surface area contributed by atoms with Crippen LogP contribution < -0.4 is 5.32 Å². The first kappa shape index (κ1) is 16.8. The molecule has 1 N–H and O–H groups in total. The molecule has 6 heteroatoms. The highest BCUT2D eigenvalue weighted by atomic mass is 16.5. The minimum absolute atomic E-state index is 0.265. The number of nitrogens with zero attached hydrogens (tertiary/aromatic N) is 4. The molecule has 136 valence electrons. The zero-order valence-electron chi connectivity index (χ0n) is 15.4. The van der Waals surface area contributed by atoms with Crippen molar-refractivity contribution in [1.82, 2.24) is 24.6 Å². The minimum Gasteiger partial charge on any atom is -0.381 e. The average Bonchev–Trinajstić information content (AvgIpc) is 3.24. The van der Waals surface area contributed by atoms with Crippen molar-refractivity contribution in [1.29, 1.82) is 0 Å². The molecular formula is C19H29N5O. The fourth-order valence-electron chi connectivity index (χ4n) is 4.09. The summed E-state index contributed by atoms with van der Waals surface area (Å²) in [5.41, 5.74) is 3.77. The summed E-state index contributed by atoms with van der Waals surface area (Å²) < 4.78 is 9.90. The number of hydrogen-bond donors (Lipinski definition) is 1. The molecule has 2 aliphatic rings. The van der Waals surface area contributed by atoms with Gasteiger partial charge in [0.1, 0.15) is 5.82 Å². The molecular weight excluding hydrogens is 314 g/mol. The molecule has 1 atom stereocenters. The third kappa shape index (κ3) is 3.51.